The Hall–Kier alpha value is -4.51. The molecular weight excluding hydrogens is 456 g/mol. The summed E-state index contributed by atoms with van der Waals surface area (Å²) in [6, 6.07) is 20.4. The molecule has 170 valence electrons. The summed E-state index contributed by atoms with van der Waals surface area (Å²) in [6.45, 7) is 1.37. The first-order valence-electron chi connectivity index (χ1n) is 10.2. The van der Waals surface area contributed by atoms with Gasteiger partial charge in [-0.15, -0.1) is 5.10 Å². The van der Waals surface area contributed by atoms with Crippen molar-refractivity contribution in [3.05, 3.63) is 72.8 Å². The summed E-state index contributed by atoms with van der Waals surface area (Å²) in [4.78, 5) is 19.0. The number of rotatable bonds is 6. The number of carbonyl (C=O) groups is 1. The molecule has 3 aromatic carbocycles. The molecule has 0 atom stereocenters. The van der Waals surface area contributed by atoms with Gasteiger partial charge in [0.05, 0.1) is 15.9 Å². The van der Waals surface area contributed by atoms with Gasteiger partial charge >= 0.3 is 6.01 Å². The molecule has 0 aliphatic heterocycles. The van der Waals surface area contributed by atoms with Crippen LogP contribution in [-0.2, 0) is 14.8 Å². The highest BCUT2D eigenvalue weighted by Crippen LogP contribution is 2.31. The van der Waals surface area contributed by atoms with E-state index in [9.17, 15) is 13.2 Å². The Morgan fingerprint density at radius 2 is 1.62 bits per heavy atom. The van der Waals surface area contributed by atoms with Crippen molar-refractivity contribution in [3.8, 4) is 22.8 Å². The van der Waals surface area contributed by atoms with E-state index in [-0.39, 0.29) is 22.7 Å². The van der Waals surface area contributed by atoms with E-state index in [0.29, 0.717) is 17.1 Å². The predicted octanol–water partition coefficient (Wildman–Crippen LogP) is 4.04. The molecule has 0 aliphatic carbocycles. The first-order valence-corrected chi connectivity index (χ1v) is 11.7. The summed E-state index contributed by atoms with van der Waals surface area (Å²) in [5, 5.41) is 10.4. The number of H-pyrrole nitrogens is 1. The number of hydrogen-bond donors (Lipinski definition) is 3. The van der Waals surface area contributed by atoms with Gasteiger partial charge in [-0.25, -0.2) is 18.1 Å². The van der Waals surface area contributed by atoms with Crippen LogP contribution in [0.3, 0.4) is 0 Å². The Morgan fingerprint density at radius 1 is 0.912 bits per heavy atom. The Balaban J connectivity index is 1.42. The summed E-state index contributed by atoms with van der Waals surface area (Å²) < 4.78 is 33.4. The van der Waals surface area contributed by atoms with Gasteiger partial charge in [0, 0.05) is 23.7 Å². The molecule has 34 heavy (non-hydrogen) atoms. The average molecular weight is 475 g/mol. The summed E-state index contributed by atoms with van der Waals surface area (Å²) in [6.07, 6.45) is 0. The molecule has 0 saturated heterocycles. The standard InChI is InChI=1S/C23H18N6O4S/c1-14(30)24-15-10-12-16(13-11-15)34(31,32)29-23-28-27-22(33-23)18-7-3-2-6-17(18)21-25-19-8-4-5-9-20(19)26-21/h2-13H,1H3,(H,24,30)(H,25,26)(H,28,29). The second kappa shape index (κ2) is 8.45. The zero-order valence-electron chi connectivity index (χ0n) is 17.8. The van der Waals surface area contributed by atoms with Crippen molar-refractivity contribution < 1.29 is 17.6 Å². The number of fused-ring (bicyclic) bond motifs is 1. The fourth-order valence-corrected chi connectivity index (χ4v) is 4.35. The lowest BCUT2D eigenvalue weighted by Gasteiger charge is -2.06. The third-order valence-electron chi connectivity index (χ3n) is 4.93. The van der Waals surface area contributed by atoms with Crippen molar-refractivity contribution in [2.24, 2.45) is 0 Å². The molecule has 0 saturated carbocycles. The highest BCUT2D eigenvalue weighted by molar-refractivity contribution is 7.92. The van der Waals surface area contributed by atoms with E-state index < -0.39 is 10.0 Å². The average Bonchev–Trinajstić information content (AvgIpc) is 3.45. The van der Waals surface area contributed by atoms with Crippen molar-refractivity contribution in [1.29, 1.82) is 0 Å². The van der Waals surface area contributed by atoms with Gasteiger partial charge in [0.1, 0.15) is 5.82 Å². The monoisotopic (exact) mass is 474 g/mol. The van der Waals surface area contributed by atoms with Crippen LogP contribution in [0.25, 0.3) is 33.9 Å². The highest BCUT2D eigenvalue weighted by Gasteiger charge is 2.20. The number of benzene rings is 3. The van der Waals surface area contributed by atoms with Gasteiger partial charge in [-0.3, -0.25) is 4.79 Å². The van der Waals surface area contributed by atoms with Crippen LogP contribution in [0.5, 0.6) is 0 Å². The number of para-hydroxylation sites is 2. The molecule has 5 rings (SSSR count). The Bertz CT molecular complexity index is 1570. The Morgan fingerprint density at radius 3 is 2.35 bits per heavy atom. The number of imidazole rings is 1. The van der Waals surface area contributed by atoms with Gasteiger partial charge in [0.15, 0.2) is 0 Å². The molecule has 0 unspecified atom stereocenters. The lowest BCUT2D eigenvalue weighted by atomic mass is 10.1. The molecule has 11 heteroatoms. The zero-order chi connectivity index (χ0) is 23.7. The maximum atomic E-state index is 12.7. The quantitative estimate of drug-likeness (QED) is 0.337. The van der Waals surface area contributed by atoms with Crippen LogP contribution in [0.15, 0.2) is 82.1 Å². The van der Waals surface area contributed by atoms with E-state index in [1.54, 1.807) is 6.07 Å². The first kappa shape index (κ1) is 21.3. The zero-order valence-corrected chi connectivity index (χ0v) is 18.6. The molecule has 1 amide bonds. The number of amides is 1. The molecule has 2 aromatic heterocycles. The molecule has 0 aliphatic rings. The fourth-order valence-electron chi connectivity index (χ4n) is 3.42. The third kappa shape index (κ3) is 4.24. The maximum absolute atomic E-state index is 12.7. The van der Waals surface area contributed by atoms with Crippen LogP contribution < -0.4 is 10.0 Å². The molecule has 0 bridgehead atoms. The topological polar surface area (TPSA) is 143 Å². The first-order chi connectivity index (χ1) is 16.4. The Labute approximate surface area is 194 Å². The smallest absolute Gasteiger partial charge is 0.330 e. The van der Waals surface area contributed by atoms with Crippen LogP contribution in [-0.4, -0.2) is 34.5 Å². The van der Waals surface area contributed by atoms with Gasteiger partial charge in [-0.1, -0.05) is 35.4 Å². The van der Waals surface area contributed by atoms with Crippen LogP contribution >= 0.6 is 0 Å². The van der Waals surface area contributed by atoms with E-state index in [4.69, 9.17) is 4.42 Å². The normalized spacial score (nSPS) is 11.4. The van der Waals surface area contributed by atoms with Gasteiger partial charge < -0.3 is 14.7 Å². The van der Waals surface area contributed by atoms with Crippen molar-refractivity contribution in [2.75, 3.05) is 10.0 Å². The van der Waals surface area contributed by atoms with Crippen molar-refractivity contribution >= 4 is 38.7 Å². The van der Waals surface area contributed by atoms with Gasteiger partial charge in [-0.2, -0.15) is 0 Å². The van der Waals surface area contributed by atoms with E-state index in [1.807, 2.05) is 42.5 Å². The molecule has 10 nitrogen and oxygen atoms in total. The maximum Gasteiger partial charge on any atom is 0.330 e. The number of nitrogens with zero attached hydrogens (tertiary/aromatic N) is 3. The van der Waals surface area contributed by atoms with Crippen LogP contribution in [0.1, 0.15) is 6.92 Å². The molecule has 0 spiro atoms. The SMILES string of the molecule is CC(=O)Nc1ccc(S(=O)(=O)Nc2nnc(-c3ccccc3-c3nc4ccccc4[nH]3)o2)cc1. The third-order valence-corrected chi connectivity index (χ3v) is 6.27. The van der Waals surface area contributed by atoms with Gasteiger partial charge in [0.2, 0.25) is 5.91 Å². The van der Waals surface area contributed by atoms with Crippen LogP contribution in [0, 0.1) is 0 Å². The Kier molecular flexibility index (Phi) is 5.30. The number of aromatic nitrogens is 4. The summed E-state index contributed by atoms with van der Waals surface area (Å²) in [5.41, 5.74) is 3.50. The minimum Gasteiger partial charge on any atom is -0.403 e. The molecule has 5 aromatic rings. The van der Waals surface area contributed by atoms with Crippen molar-refractivity contribution in [1.82, 2.24) is 20.2 Å². The van der Waals surface area contributed by atoms with Crippen molar-refractivity contribution in [3.63, 3.8) is 0 Å². The molecule has 3 N–H and O–H groups in total. The summed E-state index contributed by atoms with van der Waals surface area (Å²) in [7, 11) is -3.98. The van der Waals surface area contributed by atoms with E-state index >= 15 is 0 Å². The lowest BCUT2D eigenvalue weighted by Crippen LogP contribution is -2.13. The highest BCUT2D eigenvalue weighted by atomic mass is 32.2. The predicted molar refractivity (Wildman–Crippen MR) is 126 cm³/mol. The number of sulfonamides is 1. The number of nitrogens with one attached hydrogen (secondary N) is 3. The number of anilines is 2. The molecule has 0 radical (unpaired) electrons. The largest absolute Gasteiger partial charge is 0.403 e. The minimum absolute atomic E-state index is 0.0240. The van der Waals surface area contributed by atoms with Crippen LogP contribution in [0.4, 0.5) is 11.7 Å². The lowest BCUT2D eigenvalue weighted by molar-refractivity contribution is -0.114. The molecular formula is C23H18N6O4S. The fraction of sp³-hybridized carbons (Fsp3) is 0.0435. The van der Waals surface area contributed by atoms with Gasteiger partial charge in [0.25, 0.3) is 15.9 Å². The van der Waals surface area contributed by atoms with E-state index in [1.165, 1.54) is 31.2 Å². The van der Waals surface area contributed by atoms with E-state index in [0.717, 1.165) is 16.6 Å². The number of hydrogen-bond acceptors (Lipinski definition) is 7. The summed E-state index contributed by atoms with van der Waals surface area (Å²) in [5.74, 6) is 0.501. The minimum atomic E-state index is -3.98. The molecule has 2 heterocycles. The number of aromatic amines is 1. The van der Waals surface area contributed by atoms with Crippen molar-refractivity contribution in [2.45, 2.75) is 11.8 Å². The van der Waals surface area contributed by atoms with Crippen LogP contribution in [0.2, 0.25) is 0 Å². The van der Waals surface area contributed by atoms with Gasteiger partial charge in [-0.05, 0) is 42.5 Å². The van der Waals surface area contributed by atoms with E-state index in [2.05, 4.69) is 30.2 Å². The second-order valence-electron chi connectivity index (χ2n) is 7.37. The second-order valence-corrected chi connectivity index (χ2v) is 9.05. The molecule has 0 fully saturated rings. The number of carbonyl (C=O) groups excluding carboxylic acids is 1. The summed E-state index contributed by atoms with van der Waals surface area (Å²) >= 11 is 0.